The van der Waals surface area contributed by atoms with Gasteiger partial charge in [0.1, 0.15) is 31.8 Å². The molecule has 0 saturated heterocycles. The van der Waals surface area contributed by atoms with Crippen LogP contribution in [0.15, 0.2) is 194 Å². The zero-order chi connectivity index (χ0) is 37.9. The molecule has 0 aliphatic carbocycles. The van der Waals surface area contributed by atoms with Gasteiger partial charge in [-0.1, -0.05) is 133 Å². The Kier molecular flexibility index (Phi) is 14.8. The third-order valence-corrected chi connectivity index (χ3v) is 14.4. The van der Waals surface area contributed by atoms with Crippen molar-refractivity contribution in [1.82, 2.24) is 0 Å². The molecule has 0 aliphatic rings. The molecule has 7 heteroatoms. The summed E-state index contributed by atoms with van der Waals surface area (Å²) in [6.07, 6.45) is 0. The molecular weight excluding hydrogens is 804 g/mol. The van der Waals surface area contributed by atoms with Gasteiger partial charge in [0, 0.05) is 23.1 Å². The van der Waals surface area contributed by atoms with Crippen molar-refractivity contribution in [3.8, 4) is 11.1 Å². The van der Waals surface area contributed by atoms with E-state index < -0.39 is 27.8 Å². The van der Waals surface area contributed by atoms with Gasteiger partial charge in [-0.25, -0.2) is 0 Å². The molecule has 0 atom stereocenters. The van der Waals surface area contributed by atoms with Crippen LogP contribution in [0.1, 0.15) is 13.8 Å². The Labute approximate surface area is 337 Å². The van der Waals surface area contributed by atoms with Crippen molar-refractivity contribution in [3.05, 3.63) is 194 Å². The van der Waals surface area contributed by atoms with E-state index in [0.717, 1.165) is 13.8 Å². The number of aliphatic carboxylic acids is 2. The van der Waals surface area contributed by atoms with Gasteiger partial charge in [-0.3, -0.25) is 0 Å². The van der Waals surface area contributed by atoms with E-state index in [0.29, 0.717) is 0 Å². The Morgan fingerprint density at radius 3 is 0.873 bits per heavy atom. The molecule has 272 valence electrons. The number of benzene rings is 8. The van der Waals surface area contributed by atoms with E-state index in [1.807, 2.05) is 0 Å². The number of carbonyl (C=O) groups excluding carboxylic acids is 2. The van der Waals surface area contributed by atoms with E-state index in [1.165, 1.54) is 64.5 Å². The van der Waals surface area contributed by atoms with Crippen LogP contribution in [-0.2, 0) is 29.1 Å². The fourth-order valence-electron chi connectivity index (χ4n) is 6.87. The number of carboxylic acids is 2. The summed E-state index contributed by atoms with van der Waals surface area (Å²) in [6, 6.07) is 72.2. The van der Waals surface area contributed by atoms with Crippen molar-refractivity contribution in [2.75, 3.05) is 0 Å². The van der Waals surface area contributed by atoms with Crippen LogP contribution in [0.2, 0.25) is 0 Å². The van der Waals surface area contributed by atoms with Crippen LogP contribution < -0.4 is 42.0 Å². The minimum absolute atomic E-state index is 0. The summed E-state index contributed by atoms with van der Waals surface area (Å²) in [5.41, 5.74) is 2.75. The average molecular weight is 844 g/mol. The molecule has 0 N–H and O–H groups in total. The smallest absolute Gasteiger partial charge is 0.550 e. The van der Waals surface area contributed by atoms with Gasteiger partial charge >= 0.3 is 19.5 Å². The molecule has 0 bridgehead atoms. The largest absolute Gasteiger partial charge is 2.00 e. The Morgan fingerprint density at radius 2 is 0.600 bits per heavy atom. The topological polar surface area (TPSA) is 80.3 Å². The van der Waals surface area contributed by atoms with Crippen molar-refractivity contribution in [3.63, 3.8) is 0 Å². The predicted molar refractivity (Wildman–Crippen MR) is 228 cm³/mol. The van der Waals surface area contributed by atoms with Gasteiger partial charge < -0.3 is 19.8 Å². The Hall–Kier alpha value is -5.30. The molecular formula is C48H40O4P2Ru+2. The molecule has 0 amide bonds. The van der Waals surface area contributed by atoms with Crippen molar-refractivity contribution < 1.29 is 39.3 Å². The van der Waals surface area contributed by atoms with Crippen LogP contribution >= 0.6 is 15.8 Å². The number of rotatable bonds is 7. The summed E-state index contributed by atoms with van der Waals surface area (Å²) in [4.78, 5) is 17.8. The molecule has 0 spiro atoms. The van der Waals surface area contributed by atoms with Gasteiger partial charge in [0.15, 0.2) is 0 Å². The van der Waals surface area contributed by atoms with Crippen molar-refractivity contribution >= 4 is 81.2 Å². The molecule has 0 aromatic heterocycles. The van der Waals surface area contributed by atoms with Gasteiger partial charge in [0.2, 0.25) is 0 Å². The Balaban J connectivity index is 0.000000591. The number of hydrogen-bond donors (Lipinski definition) is 0. The van der Waals surface area contributed by atoms with E-state index in [4.69, 9.17) is 19.8 Å². The Morgan fingerprint density at radius 1 is 0.364 bits per heavy atom. The minimum atomic E-state index is -1.37. The summed E-state index contributed by atoms with van der Waals surface area (Å²) in [7, 11) is -2.74. The summed E-state index contributed by atoms with van der Waals surface area (Å²) < 4.78 is 0. The first-order valence-electron chi connectivity index (χ1n) is 17.7. The predicted octanol–water partition coefficient (Wildman–Crippen LogP) is 6.15. The fraction of sp³-hybridized carbons (Fsp3) is 0.0417. The van der Waals surface area contributed by atoms with Crippen LogP contribution in [-0.4, -0.2) is 11.9 Å². The first-order valence-corrected chi connectivity index (χ1v) is 20.7. The zero-order valence-electron chi connectivity index (χ0n) is 30.5. The molecule has 0 aliphatic heterocycles. The molecule has 0 unspecified atom stereocenters. The normalized spacial score (nSPS) is 10.5. The third kappa shape index (κ3) is 10.1. The second-order valence-corrected chi connectivity index (χ2v) is 17.5. The first kappa shape index (κ1) is 40.9. The third-order valence-electron chi connectivity index (χ3n) is 8.90. The van der Waals surface area contributed by atoms with Crippen LogP contribution in [0.25, 0.3) is 32.7 Å². The number of carbonyl (C=O) groups is 2. The van der Waals surface area contributed by atoms with E-state index in [2.05, 4.69) is 194 Å². The molecule has 0 saturated carbocycles. The maximum Gasteiger partial charge on any atom is 2.00 e. The van der Waals surface area contributed by atoms with Gasteiger partial charge in [-0.15, -0.1) is 0 Å². The van der Waals surface area contributed by atoms with Crippen LogP contribution in [0, 0.1) is 0 Å². The molecule has 8 rings (SSSR count). The summed E-state index contributed by atoms with van der Waals surface area (Å²) in [5.74, 6) is -2.17. The van der Waals surface area contributed by atoms with Crippen LogP contribution in [0.4, 0.5) is 0 Å². The monoisotopic (exact) mass is 844 g/mol. The average Bonchev–Trinajstić information content (AvgIpc) is 3.19. The fourth-order valence-corrected chi connectivity index (χ4v) is 12.4. The van der Waals surface area contributed by atoms with E-state index in [1.54, 1.807) is 0 Å². The van der Waals surface area contributed by atoms with Crippen molar-refractivity contribution in [2.45, 2.75) is 13.8 Å². The second kappa shape index (κ2) is 19.9. The van der Waals surface area contributed by atoms with Crippen LogP contribution in [0.3, 0.4) is 0 Å². The quantitative estimate of drug-likeness (QED) is 0.143. The van der Waals surface area contributed by atoms with E-state index >= 15 is 0 Å². The van der Waals surface area contributed by atoms with Gasteiger partial charge in [-0.05, 0) is 96.1 Å². The number of fused-ring (bicyclic) bond motifs is 2. The maximum absolute atomic E-state index is 8.89. The van der Waals surface area contributed by atoms with Gasteiger partial charge in [-0.2, -0.15) is 0 Å². The van der Waals surface area contributed by atoms with Crippen molar-refractivity contribution in [1.29, 1.82) is 0 Å². The van der Waals surface area contributed by atoms with Crippen LogP contribution in [0.5, 0.6) is 0 Å². The van der Waals surface area contributed by atoms with E-state index in [-0.39, 0.29) is 19.5 Å². The molecule has 0 radical (unpaired) electrons. The second-order valence-electron chi connectivity index (χ2n) is 12.6. The molecule has 0 fully saturated rings. The zero-order valence-corrected chi connectivity index (χ0v) is 34.2. The molecule has 55 heavy (non-hydrogen) atoms. The first-order chi connectivity index (χ1) is 26.3. The maximum atomic E-state index is 8.89. The number of hydrogen-bond acceptors (Lipinski definition) is 4. The van der Waals surface area contributed by atoms with E-state index in [9.17, 15) is 0 Å². The Bertz CT molecular complexity index is 2220. The SMILES string of the molecule is CC(=O)[O-].CC(=O)[O-].[Ru+2].c1ccc([PH+](c2ccccc2)c2ccc3ccccc3c2-c2c([PH+](c3ccccc3)c3ccccc3)ccc3ccccc23)cc1. The molecule has 8 aromatic rings. The summed E-state index contributed by atoms with van der Waals surface area (Å²) in [6.45, 7) is 1.94. The molecule has 4 nitrogen and oxygen atoms in total. The minimum Gasteiger partial charge on any atom is -0.550 e. The number of carboxylic acid groups (broad SMARTS) is 2. The summed E-state index contributed by atoms with van der Waals surface area (Å²) in [5, 5.41) is 31.4. The molecule has 8 aromatic carbocycles. The van der Waals surface area contributed by atoms with Crippen molar-refractivity contribution in [2.24, 2.45) is 0 Å². The standard InChI is InChI=1S/C44H32P2.2C2H4O2.Ru/c1-5-19-35(20-6-1)45(36-21-7-2-8-22-36)41-31-29-33-17-13-15-27-39(33)43(41)44-40-28-16-14-18-34(40)30-32-42(44)46(37-23-9-3-10-24-37)38-25-11-4-12-26-38;2*1-2(3)4;/h1-32H;2*1H3,(H,3,4);/q;;;+2. The summed E-state index contributed by atoms with van der Waals surface area (Å²) >= 11 is 0. The molecule has 0 heterocycles. The van der Waals surface area contributed by atoms with Gasteiger partial charge in [0.25, 0.3) is 0 Å². The van der Waals surface area contributed by atoms with Gasteiger partial charge in [0.05, 0.1) is 15.8 Å².